The van der Waals surface area contributed by atoms with Crippen molar-refractivity contribution in [3.63, 3.8) is 0 Å². The second-order valence-corrected chi connectivity index (χ2v) is 3.74. The molecule has 76 valence electrons. The second-order valence-electron chi connectivity index (χ2n) is 3.74. The van der Waals surface area contributed by atoms with Crippen molar-refractivity contribution in [3.05, 3.63) is 41.5 Å². The molecular formula is C12H10O3. The number of benzene rings is 1. The number of hydrogen-bond donors (Lipinski definition) is 0. The van der Waals surface area contributed by atoms with Crippen LogP contribution < -0.4 is 0 Å². The summed E-state index contributed by atoms with van der Waals surface area (Å²) in [7, 11) is 1.57. The van der Waals surface area contributed by atoms with Gasteiger partial charge in [-0.05, 0) is 0 Å². The first-order chi connectivity index (χ1) is 7.28. The molecule has 0 amide bonds. The van der Waals surface area contributed by atoms with E-state index < -0.39 is 5.60 Å². The van der Waals surface area contributed by atoms with E-state index in [0.29, 0.717) is 12.4 Å². The van der Waals surface area contributed by atoms with E-state index in [1.807, 2.05) is 24.3 Å². The van der Waals surface area contributed by atoms with Crippen molar-refractivity contribution in [1.29, 1.82) is 0 Å². The molecular weight excluding hydrogens is 192 g/mol. The monoisotopic (exact) mass is 202 g/mol. The standard InChI is InChI=1S/C12H10O3/c1-14-10-6-11(13)12(7-15-12)9-5-3-2-4-8(9)10/h2-6H,7H2,1H3. The predicted molar refractivity (Wildman–Crippen MR) is 54.1 cm³/mol. The molecule has 1 saturated heterocycles. The van der Waals surface area contributed by atoms with E-state index in [4.69, 9.17) is 9.47 Å². The van der Waals surface area contributed by atoms with Crippen molar-refractivity contribution in [2.75, 3.05) is 13.7 Å². The highest BCUT2D eigenvalue weighted by Gasteiger charge is 2.55. The Morgan fingerprint density at radius 3 is 2.80 bits per heavy atom. The molecule has 0 bridgehead atoms. The van der Waals surface area contributed by atoms with Gasteiger partial charge in [-0.3, -0.25) is 4.79 Å². The minimum Gasteiger partial charge on any atom is -0.496 e. The summed E-state index contributed by atoms with van der Waals surface area (Å²) in [5, 5.41) is 0. The van der Waals surface area contributed by atoms with E-state index >= 15 is 0 Å². The van der Waals surface area contributed by atoms with E-state index in [2.05, 4.69) is 0 Å². The fraction of sp³-hybridized carbons (Fsp3) is 0.250. The highest BCUT2D eigenvalue weighted by molar-refractivity contribution is 6.07. The Morgan fingerprint density at radius 2 is 2.13 bits per heavy atom. The Kier molecular flexibility index (Phi) is 1.56. The zero-order chi connectivity index (χ0) is 10.5. The number of hydrogen-bond acceptors (Lipinski definition) is 3. The lowest BCUT2D eigenvalue weighted by Gasteiger charge is -2.20. The first kappa shape index (κ1) is 8.68. The Bertz CT molecular complexity index is 470. The van der Waals surface area contributed by atoms with Crippen LogP contribution in [0.1, 0.15) is 11.1 Å². The van der Waals surface area contributed by atoms with Crippen LogP contribution in [0.5, 0.6) is 0 Å². The van der Waals surface area contributed by atoms with Crippen molar-refractivity contribution in [1.82, 2.24) is 0 Å². The number of rotatable bonds is 1. The molecule has 3 nitrogen and oxygen atoms in total. The molecule has 1 fully saturated rings. The van der Waals surface area contributed by atoms with Crippen molar-refractivity contribution < 1.29 is 14.3 Å². The highest BCUT2D eigenvalue weighted by atomic mass is 16.6. The maximum Gasteiger partial charge on any atom is 0.198 e. The Morgan fingerprint density at radius 1 is 1.40 bits per heavy atom. The van der Waals surface area contributed by atoms with Crippen LogP contribution in [-0.2, 0) is 19.9 Å². The minimum atomic E-state index is -0.696. The lowest BCUT2D eigenvalue weighted by molar-refractivity contribution is -0.119. The molecule has 0 saturated carbocycles. The summed E-state index contributed by atoms with van der Waals surface area (Å²) in [6.45, 7) is 0.482. The van der Waals surface area contributed by atoms with Gasteiger partial charge in [0.05, 0.1) is 13.7 Å². The number of ether oxygens (including phenoxy) is 2. The number of carbonyl (C=O) groups excluding carboxylic acids is 1. The highest BCUT2D eigenvalue weighted by Crippen LogP contribution is 2.46. The van der Waals surface area contributed by atoms with Gasteiger partial charge in [0.1, 0.15) is 5.76 Å². The lowest BCUT2D eigenvalue weighted by Crippen LogP contribution is -2.25. The van der Waals surface area contributed by atoms with E-state index in [9.17, 15) is 4.79 Å². The fourth-order valence-corrected chi connectivity index (χ4v) is 2.04. The van der Waals surface area contributed by atoms with Crippen LogP contribution in [0.3, 0.4) is 0 Å². The quantitative estimate of drug-likeness (QED) is 0.647. The summed E-state index contributed by atoms with van der Waals surface area (Å²) in [5.74, 6) is 0.606. The molecule has 15 heavy (non-hydrogen) atoms. The van der Waals surface area contributed by atoms with Crippen LogP contribution >= 0.6 is 0 Å². The molecule has 2 aliphatic rings. The number of methoxy groups -OCH3 is 1. The van der Waals surface area contributed by atoms with Gasteiger partial charge in [0.2, 0.25) is 0 Å². The van der Waals surface area contributed by atoms with E-state index in [1.54, 1.807) is 7.11 Å². The molecule has 1 aromatic carbocycles. The summed E-state index contributed by atoms with van der Waals surface area (Å²) in [6, 6.07) is 7.71. The van der Waals surface area contributed by atoms with Gasteiger partial charge < -0.3 is 9.47 Å². The zero-order valence-corrected chi connectivity index (χ0v) is 8.32. The van der Waals surface area contributed by atoms with Crippen LogP contribution in [0.2, 0.25) is 0 Å². The van der Waals surface area contributed by atoms with Crippen molar-refractivity contribution in [3.8, 4) is 0 Å². The molecule has 1 aliphatic heterocycles. The first-order valence-corrected chi connectivity index (χ1v) is 4.82. The van der Waals surface area contributed by atoms with Gasteiger partial charge in [-0.25, -0.2) is 0 Å². The molecule has 1 unspecified atom stereocenters. The van der Waals surface area contributed by atoms with Gasteiger partial charge in [-0.2, -0.15) is 0 Å². The zero-order valence-electron chi connectivity index (χ0n) is 8.32. The minimum absolute atomic E-state index is 0.0157. The van der Waals surface area contributed by atoms with Gasteiger partial charge in [0.15, 0.2) is 11.4 Å². The van der Waals surface area contributed by atoms with Crippen molar-refractivity contribution in [2.24, 2.45) is 0 Å². The Hall–Kier alpha value is -1.61. The molecule has 1 aromatic rings. The van der Waals surface area contributed by atoms with E-state index in [0.717, 1.165) is 11.1 Å². The number of fused-ring (bicyclic) bond motifs is 2. The third-order valence-corrected chi connectivity index (χ3v) is 2.94. The average Bonchev–Trinajstić information content (AvgIpc) is 3.06. The summed E-state index contributed by atoms with van der Waals surface area (Å²) in [6.07, 6.45) is 1.52. The molecule has 3 rings (SSSR count). The molecule has 1 aliphatic carbocycles. The van der Waals surface area contributed by atoms with Gasteiger partial charge in [-0.15, -0.1) is 0 Å². The van der Waals surface area contributed by atoms with Crippen molar-refractivity contribution in [2.45, 2.75) is 5.60 Å². The second kappa shape index (κ2) is 2.70. The third-order valence-electron chi connectivity index (χ3n) is 2.94. The summed E-state index contributed by atoms with van der Waals surface area (Å²) in [5.41, 5.74) is 1.19. The molecule has 0 N–H and O–H groups in total. The van der Waals surface area contributed by atoms with Crippen LogP contribution in [0.25, 0.3) is 5.76 Å². The Labute approximate surface area is 87.3 Å². The number of ketones is 1. The largest absolute Gasteiger partial charge is 0.496 e. The van der Waals surface area contributed by atoms with E-state index in [1.165, 1.54) is 6.08 Å². The lowest BCUT2D eigenvalue weighted by atomic mass is 9.85. The Balaban J connectivity index is 2.25. The fourth-order valence-electron chi connectivity index (χ4n) is 2.04. The number of epoxide rings is 1. The van der Waals surface area contributed by atoms with Crippen LogP contribution in [-0.4, -0.2) is 19.5 Å². The predicted octanol–water partition coefficient (Wildman–Crippen LogP) is 1.48. The smallest absolute Gasteiger partial charge is 0.198 e. The SMILES string of the molecule is COC1=CC(=O)C2(CO2)c2ccccc21. The maximum absolute atomic E-state index is 11.8. The number of carbonyl (C=O) groups is 1. The van der Waals surface area contributed by atoms with Crippen molar-refractivity contribution >= 4 is 11.5 Å². The normalized spacial score (nSPS) is 27.3. The maximum atomic E-state index is 11.8. The van der Waals surface area contributed by atoms with Crippen LogP contribution in [0.15, 0.2) is 30.3 Å². The van der Waals surface area contributed by atoms with Gasteiger partial charge in [0, 0.05) is 17.2 Å². The molecule has 0 aromatic heterocycles. The average molecular weight is 202 g/mol. The topological polar surface area (TPSA) is 38.8 Å². The van der Waals surface area contributed by atoms with Crippen LogP contribution in [0.4, 0.5) is 0 Å². The molecule has 3 heteroatoms. The summed E-state index contributed by atoms with van der Waals surface area (Å²) in [4.78, 5) is 11.8. The molecule has 1 spiro atoms. The van der Waals surface area contributed by atoms with Gasteiger partial charge >= 0.3 is 0 Å². The van der Waals surface area contributed by atoms with E-state index in [-0.39, 0.29) is 5.78 Å². The van der Waals surface area contributed by atoms with Gasteiger partial charge in [0.25, 0.3) is 0 Å². The summed E-state index contributed by atoms with van der Waals surface area (Å²) >= 11 is 0. The first-order valence-electron chi connectivity index (χ1n) is 4.82. The third kappa shape index (κ3) is 1.01. The van der Waals surface area contributed by atoms with Gasteiger partial charge in [-0.1, -0.05) is 24.3 Å². The summed E-state index contributed by atoms with van der Waals surface area (Å²) < 4.78 is 10.5. The van der Waals surface area contributed by atoms with Crippen LogP contribution in [0, 0.1) is 0 Å². The molecule has 0 radical (unpaired) electrons. The molecule has 1 atom stereocenters. The molecule has 1 heterocycles.